The Hall–Kier alpha value is -0.930. The van der Waals surface area contributed by atoms with E-state index in [1.807, 2.05) is 0 Å². The van der Waals surface area contributed by atoms with Crippen molar-refractivity contribution in [2.24, 2.45) is 0 Å². The average Bonchev–Trinajstić information content (AvgIpc) is 2.01. The Morgan fingerprint density at radius 2 is 1.65 bits per heavy atom. The summed E-state index contributed by atoms with van der Waals surface area (Å²) in [4.78, 5) is 31.8. The minimum Gasteiger partial charge on any atom is -0.481 e. The van der Waals surface area contributed by atoms with Crippen LogP contribution in [0.4, 0.5) is 0 Å². The third-order valence-corrected chi connectivity index (χ3v) is 1.58. The first kappa shape index (κ1) is 21.4. The molecule has 0 heterocycles. The van der Waals surface area contributed by atoms with Gasteiger partial charge in [-0.05, 0) is 6.92 Å². The molecule has 0 aromatic rings. The molecule has 0 rings (SSSR count). The molecular weight excluding hydrogens is 330 g/mol. The van der Waals surface area contributed by atoms with Gasteiger partial charge in [-0.25, -0.2) is 4.79 Å². The molecule has 17 heavy (non-hydrogen) atoms. The molecule has 0 aliphatic carbocycles. The zero-order valence-electron chi connectivity index (χ0n) is 9.10. The minimum absolute atomic E-state index is 0. The minimum atomic E-state index is -2.61. The Balaban J connectivity index is -0.000000980. The van der Waals surface area contributed by atoms with E-state index in [0.717, 1.165) is 0 Å². The molecule has 105 valence electrons. The molecule has 1 atom stereocenters. The zero-order valence-corrected chi connectivity index (χ0v) is 10.6. The number of hydrogen-bond donors (Lipinski definition) is 4. The maximum atomic E-state index is 10.9. The quantitative estimate of drug-likeness (QED) is 0.367. The number of carbonyl (C=O) groups excluding carboxylic acids is 1. The summed E-state index contributed by atoms with van der Waals surface area (Å²) in [5, 5.41) is 26.3. The van der Waals surface area contributed by atoms with Gasteiger partial charge in [-0.15, -0.1) is 0 Å². The number of carbonyl (C=O) groups is 3. The van der Waals surface area contributed by atoms with Crippen LogP contribution in [0, 0.1) is 0 Å². The molecule has 0 aliphatic rings. The molecular formula is C8H15AgNO7. The van der Waals surface area contributed by atoms with Crippen molar-refractivity contribution >= 4 is 17.9 Å². The molecule has 9 heteroatoms. The molecule has 0 bridgehead atoms. The van der Waals surface area contributed by atoms with Crippen LogP contribution in [0.25, 0.3) is 0 Å². The van der Waals surface area contributed by atoms with Crippen molar-refractivity contribution in [2.45, 2.75) is 25.4 Å². The first-order chi connectivity index (χ1) is 6.81. The third-order valence-electron chi connectivity index (χ3n) is 1.58. The Morgan fingerprint density at radius 3 is 1.94 bits per heavy atom. The Bertz CT molecular complexity index is 283. The summed E-state index contributed by atoms with van der Waals surface area (Å²) in [6.45, 7) is 1.54. The van der Waals surface area contributed by atoms with Crippen molar-refractivity contribution in [1.82, 2.24) is 6.15 Å². The van der Waals surface area contributed by atoms with Gasteiger partial charge in [-0.1, -0.05) is 0 Å². The van der Waals surface area contributed by atoms with Gasteiger partial charge in [0.2, 0.25) is 0 Å². The van der Waals surface area contributed by atoms with E-state index in [2.05, 4.69) is 4.74 Å². The number of hydrogen-bond acceptors (Lipinski definition) is 6. The van der Waals surface area contributed by atoms with Crippen LogP contribution in [0.2, 0.25) is 0 Å². The van der Waals surface area contributed by atoms with E-state index in [1.54, 1.807) is 0 Å². The van der Waals surface area contributed by atoms with Crippen LogP contribution < -0.4 is 6.15 Å². The fourth-order valence-electron chi connectivity index (χ4n) is 0.915. The molecule has 0 aliphatic heterocycles. The largest absolute Gasteiger partial charge is 0.481 e. The van der Waals surface area contributed by atoms with Crippen LogP contribution in [-0.4, -0.2) is 45.4 Å². The topological polar surface area (TPSA) is 156 Å². The smallest absolute Gasteiger partial charge is 0.336 e. The second kappa shape index (κ2) is 9.14. The molecule has 0 amide bonds. The first-order valence-electron chi connectivity index (χ1n) is 4.15. The fourth-order valence-corrected chi connectivity index (χ4v) is 0.915. The van der Waals surface area contributed by atoms with Crippen molar-refractivity contribution in [3.05, 3.63) is 0 Å². The van der Waals surface area contributed by atoms with Gasteiger partial charge in [0, 0.05) is 22.4 Å². The van der Waals surface area contributed by atoms with Gasteiger partial charge in [0.25, 0.3) is 0 Å². The van der Waals surface area contributed by atoms with Crippen LogP contribution in [0.5, 0.6) is 0 Å². The Labute approximate surface area is 113 Å². The van der Waals surface area contributed by atoms with Crippen molar-refractivity contribution in [2.75, 3.05) is 6.61 Å². The molecule has 0 aromatic carbocycles. The van der Waals surface area contributed by atoms with Crippen LogP contribution >= 0.6 is 0 Å². The van der Waals surface area contributed by atoms with Crippen molar-refractivity contribution in [1.29, 1.82) is 0 Å². The van der Waals surface area contributed by atoms with Crippen LogP contribution in [0.3, 0.4) is 0 Å². The van der Waals surface area contributed by atoms with Crippen LogP contribution in [0.15, 0.2) is 0 Å². The molecule has 0 saturated heterocycles. The Kier molecular flexibility index (Phi) is 11.5. The molecule has 0 fully saturated rings. The molecule has 0 spiro atoms. The van der Waals surface area contributed by atoms with Gasteiger partial charge < -0.3 is 26.2 Å². The normalized spacial score (nSPS) is 12.4. The first-order valence-corrected chi connectivity index (χ1v) is 4.15. The number of carboxylic acids is 2. The SMILES string of the molecule is CCOC(=O)CC(O)(CC(=O)O)C(=O)O.N.[Ag]. The predicted octanol–water partition coefficient (Wildman–Crippen LogP) is -0.610. The summed E-state index contributed by atoms with van der Waals surface area (Å²) in [7, 11) is 0. The summed E-state index contributed by atoms with van der Waals surface area (Å²) in [6, 6.07) is 0. The van der Waals surface area contributed by atoms with Crippen molar-refractivity contribution in [3.8, 4) is 0 Å². The van der Waals surface area contributed by atoms with E-state index in [9.17, 15) is 19.5 Å². The molecule has 1 radical (unpaired) electrons. The van der Waals surface area contributed by atoms with E-state index in [4.69, 9.17) is 10.2 Å². The summed E-state index contributed by atoms with van der Waals surface area (Å²) >= 11 is 0. The standard InChI is InChI=1S/C8H12O7.Ag.H3N/c1-2-15-6(11)4-8(14,7(12)13)3-5(9)10;;/h14H,2-4H2,1H3,(H,9,10)(H,12,13);;1H3. The fraction of sp³-hybridized carbons (Fsp3) is 0.625. The number of aliphatic hydroxyl groups is 1. The number of esters is 1. The van der Waals surface area contributed by atoms with Crippen molar-refractivity contribution < 1.29 is 56.8 Å². The zero-order chi connectivity index (χ0) is 12.1. The number of ether oxygens (including phenoxy) is 1. The number of carboxylic acid groups (broad SMARTS) is 2. The maximum absolute atomic E-state index is 10.9. The average molecular weight is 345 g/mol. The van der Waals surface area contributed by atoms with Gasteiger partial charge in [-0.3, -0.25) is 9.59 Å². The second-order valence-corrected chi connectivity index (χ2v) is 2.89. The summed E-state index contributed by atoms with van der Waals surface area (Å²) in [5.41, 5.74) is -2.61. The van der Waals surface area contributed by atoms with Crippen LogP contribution in [-0.2, 0) is 41.5 Å². The van der Waals surface area contributed by atoms with E-state index in [0.29, 0.717) is 0 Å². The molecule has 1 unspecified atom stereocenters. The summed E-state index contributed by atoms with van der Waals surface area (Å²) in [6.07, 6.45) is -1.94. The number of rotatable bonds is 6. The van der Waals surface area contributed by atoms with E-state index in [-0.39, 0.29) is 35.1 Å². The monoisotopic (exact) mass is 344 g/mol. The molecule has 0 saturated carbocycles. The Morgan fingerprint density at radius 1 is 1.18 bits per heavy atom. The maximum Gasteiger partial charge on any atom is 0.336 e. The van der Waals surface area contributed by atoms with E-state index >= 15 is 0 Å². The number of aliphatic carboxylic acids is 2. The van der Waals surface area contributed by atoms with Gasteiger partial charge in [0.15, 0.2) is 5.60 Å². The van der Waals surface area contributed by atoms with Gasteiger partial charge in [0.1, 0.15) is 0 Å². The van der Waals surface area contributed by atoms with E-state index < -0.39 is 36.4 Å². The summed E-state index contributed by atoms with van der Waals surface area (Å²) in [5.74, 6) is -4.23. The van der Waals surface area contributed by atoms with Gasteiger partial charge >= 0.3 is 17.9 Å². The van der Waals surface area contributed by atoms with Gasteiger partial charge in [-0.2, -0.15) is 0 Å². The summed E-state index contributed by atoms with van der Waals surface area (Å²) < 4.78 is 4.41. The third kappa shape index (κ3) is 7.88. The van der Waals surface area contributed by atoms with Crippen LogP contribution in [0.1, 0.15) is 19.8 Å². The molecule has 6 N–H and O–H groups in total. The van der Waals surface area contributed by atoms with Crippen molar-refractivity contribution in [3.63, 3.8) is 0 Å². The second-order valence-electron chi connectivity index (χ2n) is 2.89. The predicted molar refractivity (Wildman–Crippen MR) is 51.1 cm³/mol. The van der Waals surface area contributed by atoms with E-state index in [1.165, 1.54) is 6.92 Å². The van der Waals surface area contributed by atoms with Gasteiger partial charge in [0.05, 0.1) is 19.4 Å². The molecule has 0 aromatic heterocycles. The molecule has 8 nitrogen and oxygen atoms in total.